The quantitative estimate of drug-likeness (QED) is 0.808. The van der Waals surface area contributed by atoms with E-state index in [1.54, 1.807) is 4.90 Å². The predicted molar refractivity (Wildman–Crippen MR) is 101 cm³/mol. The molecule has 1 atom stereocenters. The number of likely N-dealkylation sites (tertiary alicyclic amines) is 1. The van der Waals surface area contributed by atoms with Crippen molar-refractivity contribution in [3.8, 4) is 5.75 Å². The van der Waals surface area contributed by atoms with Crippen molar-refractivity contribution in [2.45, 2.75) is 37.9 Å². The van der Waals surface area contributed by atoms with Gasteiger partial charge in [0.15, 0.2) is 6.61 Å². The van der Waals surface area contributed by atoms with Crippen molar-refractivity contribution in [2.75, 3.05) is 36.9 Å². The maximum atomic E-state index is 12.7. The number of nitrogens with zero attached hydrogens (tertiary/aromatic N) is 2. The molecule has 0 aliphatic carbocycles. The van der Waals surface area contributed by atoms with Crippen molar-refractivity contribution < 1.29 is 14.3 Å². The molecule has 6 heteroatoms. The second-order valence-electron chi connectivity index (χ2n) is 6.46. The fourth-order valence-electron chi connectivity index (χ4n) is 3.47. The maximum absolute atomic E-state index is 12.7. The summed E-state index contributed by atoms with van der Waals surface area (Å²) in [5, 5.41) is 0.544. The summed E-state index contributed by atoms with van der Waals surface area (Å²) in [5.74, 6) is 1.87. The average Bonchev–Trinajstić information content (AvgIpc) is 2.87. The summed E-state index contributed by atoms with van der Waals surface area (Å²) in [5.41, 5.74) is 0.766. The van der Waals surface area contributed by atoms with Crippen molar-refractivity contribution in [3.05, 3.63) is 24.3 Å². The summed E-state index contributed by atoms with van der Waals surface area (Å²) in [7, 11) is 0. The Morgan fingerprint density at radius 1 is 1.32 bits per heavy atom. The first kappa shape index (κ1) is 18.1. The standard InChI is InChI=1S/C19H26N2O3S/c1-2-25-15-7-5-6-11-20(13-15)18(22)10-12-21-16-8-3-4-9-17(16)24-14-19(21)23/h3-4,8-9,15H,2,5-7,10-14H2,1H3/t15-/m1/s1. The molecule has 2 aliphatic heterocycles. The van der Waals surface area contributed by atoms with Crippen molar-refractivity contribution in [3.63, 3.8) is 0 Å². The number of benzene rings is 1. The molecule has 25 heavy (non-hydrogen) atoms. The van der Waals surface area contributed by atoms with Crippen LogP contribution in [0.2, 0.25) is 0 Å². The van der Waals surface area contributed by atoms with E-state index in [2.05, 4.69) is 6.92 Å². The van der Waals surface area contributed by atoms with E-state index in [0.717, 1.165) is 31.0 Å². The number of hydrogen-bond donors (Lipinski definition) is 0. The number of fused-ring (bicyclic) bond motifs is 1. The van der Waals surface area contributed by atoms with E-state index in [-0.39, 0.29) is 18.4 Å². The summed E-state index contributed by atoms with van der Waals surface area (Å²) in [6, 6.07) is 7.51. The van der Waals surface area contributed by atoms with Crippen LogP contribution in [0.4, 0.5) is 5.69 Å². The largest absolute Gasteiger partial charge is 0.482 e. The van der Waals surface area contributed by atoms with Crippen molar-refractivity contribution in [1.82, 2.24) is 4.90 Å². The number of ether oxygens (including phenoxy) is 1. The van der Waals surface area contributed by atoms with Crippen LogP contribution >= 0.6 is 11.8 Å². The van der Waals surface area contributed by atoms with Gasteiger partial charge in [-0.1, -0.05) is 25.5 Å². The number of carbonyl (C=O) groups is 2. The maximum Gasteiger partial charge on any atom is 0.265 e. The fourth-order valence-corrected chi connectivity index (χ4v) is 4.56. The first-order chi connectivity index (χ1) is 12.2. The molecule has 0 N–H and O–H groups in total. The third kappa shape index (κ3) is 4.48. The van der Waals surface area contributed by atoms with Crippen LogP contribution in [0.3, 0.4) is 0 Å². The van der Waals surface area contributed by atoms with E-state index in [9.17, 15) is 9.59 Å². The molecule has 1 saturated heterocycles. The molecular formula is C19H26N2O3S. The van der Waals surface area contributed by atoms with Crippen LogP contribution in [0, 0.1) is 0 Å². The van der Waals surface area contributed by atoms with Crippen LogP contribution in [-0.2, 0) is 9.59 Å². The SMILES string of the molecule is CCS[C@@H]1CCCCN(C(=O)CCN2C(=O)COc3ccccc32)C1. The molecule has 2 heterocycles. The van der Waals surface area contributed by atoms with Gasteiger partial charge in [-0.3, -0.25) is 9.59 Å². The van der Waals surface area contributed by atoms with Gasteiger partial charge in [-0.25, -0.2) is 0 Å². The lowest BCUT2D eigenvalue weighted by Crippen LogP contribution is -2.42. The lowest BCUT2D eigenvalue weighted by Gasteiger charge is -2.30. The molecule has 1 fully saturated rings. The zero-order chi connectivity index (χ0) is 17.6. The minimum Gasteiger partial charge on any atom is -0.482 e. The van der Waals surface area contributed by atoms with Gasteiger partial charge >= 0.3 is 0 Å². The van der Waals surface area contributed by atoms with E-state index in [1.807, 2.05) is 40.9 Å². The van der Waals surface area contributed by atoms with Gasteiger partial charge in [-0.15, -0.1) is 0 Å². The lowest BCUT2D eigenvalue weighted by molar-refractivity contribution is -0.131. The van der Waals surface area contributed by atoms with E-state index in [1.165, 1.54) is 12.8 Å². The molecule has 5 nitrogen and oxygen atoms in total. The van der Waals surface area contributed by atoms with Gasteiger partial charge in [0, 0.05) is 31.3 Å². The second-order valence-corrected chi connectivity index (χ2v) is 8.04. The van der Waals surface area contributed by atoms with Gasteiger partial charge < -0.3 is 14.5 Å². The number of rotatable bonds is 5. The van der Waals surface area contributed by atoms with Crippen molar-refractivity contribution in [1.29, 1.82) is 0 Å². The van der Waals surface area contributed by atoms with Crippen LogP contribution in [0.1, 0.15) is 32.6 Å². The molecule has 136 valence electrons. The molecule has 0 spiro atoms. The Balaban J connectivity index is 1.61. The van der Waals surface area contributed by atoms with Gasteiger partial charge in [0.2, 0.25) is 5.91 Å². The Kier molecular flexibility index (Phi) is 6.24. The summed E-state index contributed by atoms with van der Waals surface area (Å²) < 4.78 is 5.46. The highest BCUT2D eigenvalue weighted by molar-refractivity contribution is 7.99. The molecule has 1 aromatic carbocycles. The van der Waals surface area contributed by atoms with E-state index >= 15 is 0 Å². The number of para-hydroxylation sites is 2. The predicted octanol–water partition coefficient (Wildman–Crippen LogP) is 2.94. The van der Waals surface area contributed by atoms with E-state index < -0.39 is 0 Å². The third-order valence-electron chi connectivity index (χ3n) is 4.74. The molecular weight excluding hydrogens is 336 g/mol. The summed E-state index contributed by atoms with van der Waals surface area (Å²) >= 11 is 1.95. The lowest BCUT2D eigenvalue weighted by atomic mass is 10.2. The first-order valence-corrected chi connectivity index (χ1v) is 10.2. The van der Waals surface area contributed by atoms with Crippen LogP contribution in [0.15, 0.2) is 24.3 Å². The highest BCUT2D eigenvalue weighted by Gasteiger charge is 2.27. The summed E-state index contributed by atoms with van der Waals surface area (Å²) in [4.78, 5) is 28.6. The summed E-state index contributed by atoms with van der Waals surface area (Å²) in [6.07, 6.45) is 3.82. The molecule has 2 amide bonds. The smallest absolute Gasteiger partial charge is 0.265 e. The van der Waals surface area contributed by atoms with Crippen molar-refractivity contribution in [2.24, 2.45) is 0 Å². The Bertz CT molecular complexity index is 622. The minimum absolute atomic E-state index is 0.0458. The van der Waals surface area contributed by atoms with Crippen LogP contribution in [0.5, 0.6) is 5.75 Å². The van der Waals surface area contributed by atoms with Gasteiger partial charge in [0.25, 0.3) is 5.91 Å². The molecule has 0 unspecified atom stereocenters. The molecule has 0 bridgehead atoms. The number of anilines is 1. The Morgan fingerprint density at radius 2 is 2.16 bits per heavy atom. The molecule has 0 aromatic heterocycles. The number of carbonyl (C=O) groups excluding carboxylic acids is 2. The Morgan fingerprint density at radius 3 is 3.00 bits per heavy atom. The summed E-state index contributed by atoms with van der Waals surface area (Å²) in [6.45, 7) is 4.31. The second kappa shape index (κ2) is 8.61. The molecule has 3 rings (SSSR count). The number of amides is 2. The normalized spacial score (nSPS) is 20.7. The third-order valence-corrected chi connectivity index (χ3v) is 5.93. The van der Waals surface area contributed by atoms with Gasteiger partial charge in [0.05, 0.1) is 5.69 Å². The minimum atomic E-state index is -0.0817. The molecule has 0 radical (unpaired) electrons. The van der Waals surface area contributed by atoms with E-state index in [0.29, 0.717) is 24.0 Å². The first-order valence-electron chi connectivity index (χ1n) is 9.10. The highest BCUT2D eigenvalue weighted by atomic mass is 32.2. The average molecular weight is 362 g/mol. The Hall–Kier alpha value is -1.69. The zero-order valence-electron chi connectivity index (χ0n) is 14.8. The van der Waals surface area contributed by atoms with Crippen LogP contribution in [-0.4, -0.2) is 54.0 Å². The van der Waals surface area contributed by atoms with Gasteiger partial charge in [0.1, 0.15) is 5.75 Å². The molecule has 0 saturated carbocycles. The monoisotopic (exact) mass is 362 g/mol. The van der Waals surface area contributed by atoms with Crippen molar-refractivity contribution >= 4 is 29.3 Å². The van der Waals surface area contributed by atoms with Crippen LogP contribution in [0.25, 0.3) is 0 Å². The fraction of sp³-hybridized carbons (Fsp3) is 0.579. The zero-order valence-corrected chi connectivity index (χ0v) is 15.6. The molecule has 2 aliphatic rings. The number of thioether (sulfide) groups is 1. The van der Waals surface area contributed by atoms with Gasteiger partial charge in [-0.05, 0) is 30.7 Å². The van der Waals surface area contributed by atoms with Crippen LogP contribution < -0.4 is 9.64 Å². The topological polar surface area (TPSA) is 49.9 Å². The number of hydrogen-bond acceptors (Lipinski definition) is 4. The highest BCUT2D eigenvalue weighted by Crippen LogP contribution is 2.31. The van der Waals surface area contributed by atoms with Gasteiger partial charge in [-0.2, -0.15) is 11.8 Å². The van der Waals surface area contributed by atoms with E-state index in [4.69, 9.17) is 4.74 Å². The molecule has 1 aromatic rings. The Labute approximate surface area is 153 Å².